The Hall–Kier alpha value is -3.88. The van der Waals surface area contributed by atoms with E-state index in [0.29, 0.717) is 49.7 Å². The number of rotatable bonds is 6. The van der Waals surface area contributed by atoms with Gasteiger partial charge in [0.05, 0.1) is 22.6 Å². The molecular formula is C28H26F3N3O3. The summed E-state index contributed by atoms with van der Waals surface area (Å²) in [6.07, 6.45) is 2.95. The molecule has 2 aromatic heterocycles. The lowest BCUT2D eigenvalue weighted by Gasteiger charge is -2.26. The van der Waals surface area contributed by atoms with Crippen molar-refractivity contribution < 1.29 is 27.9 Å². The van der Waals surface area contributed by atoms with E-state index in [-0.39, 0.29) is 17.4 Å². The molecule has 1 amide bonds. The summed E-state index contributed by atoms with van der Waals surface area (Å²) in [5.74, 6) is -1.65. The van der Waals surface area contributed by atoms with Crippen molar-refractivity contribution in [2.24, 2.45) is 11.8 Å². The number of fused-ring (bicyclic) bond motifs is 2. The Morgan fingerprint density at radius 2 is 1.78 bits per heavy atom. The van der Waals surface area contributed by atoms with Crippen LogP contribution in [-0.4, -0.2) is 33.1 Å². The summed E-state index contributed by atoms with van der Waals surface area (Å²) in [5, 5.41) is 14.3. The Morgan fingerprint density at radius 1 is 1.00 bits per heavy atom. The van der Waals surface area contributed by atoms with Gasteiger partial charge in [0.25, 0.3) is 5.91 Å². The molecule has 0 bridgehead atoms. The second kappa shape index (κ2) is 9.88. The number of aromatic nitrogens is 2. The van der Waals surface area contributed by atoms with E-state index in [1.807, 2.05) is 24.3 Å². The fourth-order valence-corrected chi connectivity index (χ4v) is 5.19. The zero-order valence-corrected chi connectivity index (χ0v) is 20.0. The molecule has 0 spiro atoms. The maximum Gasteiger partial charge on any atom is 0.416 e. The topological polar surface area (TPSA) is 84.2 Å². The summed E-state index contributed by atoms with van der Waals surface area (Å²) in [5.41, 5.74) is 0.462. The number of carbonyl (C=O) groups is 2. The third-order valence-corrected chi connectivity index (χ3v) is 7.24. The number of benzene rings is 2. The van der Waals surface area contributed by atoms with Crippen LogP contribution in [0, 0.1) is 11.8 Å². The van der Waals surface area contributed by atoms with Crippen LogP contribution in [0.3, 0.4) is 0 Å². The van der Waals surface area contributed by atoms with Gasteiger partial charge in [0.15, 0.2) is 0 Å². The van der Waals surface area contributed by atoms with Crippen LogP contribution in [0.1, 0.15) is 47.2 Å². The summed E-state index contributed by atoms with van der Waals surface area (Å²) >= 11 is 0. The van der Waals surface area contributed by atoms with Crippen LogP contribution < -0.4 is 5.32 Å². The number of pyridine rings is 1. The zero-order chi connectivity index (χ0) is 26.2. The molecular weight excluding hydrogens is 483 g/mol. The monoisotopic (exact) mass is 509 g/mol. The van der Waals surface area contributed by atoms with E-state index in [4.69, 9.17) is 0 Å². The predicted molar refractivity (Wildman–Crippen MR) is 133 cm³/mol. The van der Waals surface area contributed by atoms with Crippen molar-refractivity contribution in [1.82, 2.24) is 14.9 Å². The first-order chi connectivity index (χ1) is 17.7. The first kappa shape index (κ1) is 24.8. The van der Waals surface area contributed by atoms with Gasteiger partial charge in [-0.05, 0) is 72.9 Å². The summed E-state index contributed by atoms with van der Waals surface area (Å²) in [6, 6.07) is 11.4. The lowest BCUT2D eigenvalue weighted by molar-refractivity contribution is -0.143. The molecule has 1 saturated carbocycles. The average molecular weight is 510 g/mol. The first-order valence-electron chi connectivity index (χ1n) is 12.2. The van der Waals surface area contributed by atoms with Gasteiger partial charge in [0.2, 0.25) is 0 Å². The minimum Gasteiger partial charge on any atom is -0.481 e. The van der Waals surface area contributed by atoms with Crippen LogP contribution >= 0.6 is 0 Å². The first-order valence-corrected chi connectivity index (χ1v) is 12.2. The summed E-state index contributed by atoms with van der Waals surface area (Å²) in [6.45, 7) is 0.667. The van der Waals surface area contributed by atoms with E-state index in [1.165, 1.54) is 0 Å². The molecule has 2 heterocycles. The molecule has 2 aromatic carbocycles. The number of hydrogen-bond acceptors (Lipinski definition) is 3. The van der Waals surface area contributed by atoms with Gasteiger partial charge < -0.3 is 15.0 Å². The average Bonchev–Trinajstić information content (AvgIpc) is 3.29. The van der Waals surface area contributed by atoms with Crippen LogP contribution in [0.15, 0.2) is 61.1 Å². The normalized spacial score (nSPS) is 18.2. The number of nitrogens with zero attached hydrogens (tertiary/aromatic N) is 2. The number of carboxylic acid groups (broad SMARTS) is 1. The zero-order valence-electron chi connectivity index (χ0n) is 20.0. The second-order valence-electron chi connectivity index (χ2n) is 9.73. The number of alkyl halides is 3. The van der Waals surface area contributed by atoms with E-state index < -0.39 is 23.6 Å². The van der Waals surface area contributed by atoms with Gasteiger partial charge in [-0.3, -0.25) is 14.6 Å². The van der Waals surface area contributed by atoms with Crippen molar-refractivity contribution in [3.05, 3.63) is 77.7 Å². The highest BCUT2D eigenvalue weighted by Crippen LogP contribution is 2.34. The quantitative estimate of drug-likeness (QED) is 0.340. The van der Waals surface area contributed by atoms with Gasteiger partial charge in [0.1, 0.15) is 0 Å². The molecule has 192 valence electrons. The molecule has 2 N–H and O–H groups in total. The molecule has 5 rings (SSSR count). The summed E-state index contributed by atoms with van der Waals surface area (Å²) < 4.78 is 42.7. The Labute approximate surface area is 211 Å². The van der Waals surface area contributed by atoms with Crippen molar-refractivity contribution in [3.63, 3.8) is 0 Å². The minimum atomic E-state index is -4.59. The molecule has 37 heavy (non-hydrogen) atoms. The van der Waals surface area contributed by atoms with Crippen LogP contribution in [0.2, 0.25) is 0 Å². The molecule has 0 saturated heterocycles. The van der Waals surface area contributed by atoms with Crippen LogP contribution in [-0.2, 0) is 17.5 Å². The lowest BCUT2D eigenvalue weighted by atomic mass is 9.82. The van der Waals surface area contributed by atoms with Crippen LogP contribution in [0.5, 0.6) is 0 Å². The number of halogens is 3. The van der Waals surface area contributed by atoms with Crippen molar-refractivity contribution in [2.75, 3.05) is 6.54 Å². The van der Waals surface area contributed by atoms with Gasteiger partial charge >= 0.3 is 12.1 Å². The van der Waals surface area contributed by atoms with Crippen LogP contribution in [0.25, 0.3) is 21.7 Å². The highest BCUT2D eigenvalue weighted by Gasteiger charge is 2.33. The predicted octanol–water partition coefficient (Wildman–Crippen LogP) is 5.88. The van der Waals surface area contributed by atoms with Crippen molar-refractivity contribution in [1.29, 1.82) is 0 Å². The molecule has 4 aromatic rings. The number of hydrogen-bond donors (Lipinski definition) is 2. The Bertz CT molecular complexity index is 1470. The molecule has 0 aliphatic heterocycles. The van der Waals surface area contributed by atoms with Gasteiger partial charge in [-0.2, -0.15) is 13.2 Å². The fourth-order valence-electron chi connectivity index (χ4n) is 5.19. The van der Waals surface area contributed by atoms with E-state index in [2.05, 4.69) is 10.3 Å². The Morgan fingerprint density at radius 3 is 2.51 bits per heavy atom. The van der Waals surface area contributed by atoms with E-state index in [9.17, 15) is 27.9 Å². The third kappa shape index (κ3) is 5.30. The second-order valence-corrected chi connectivity index (χ2v) is 9.73. The van der Waals surface area contributed by atoms with Gasteiger partial charge in [-0.15, -0.1) is 0 Å². The van der Waals surface area contributed by atoms with E-state index >= 15 is 0 Å². The molecule has 1 aliphatic carbocycles. The Kier molecular flexibility index (Phi) is 6.62. The number of carboxylic acids is 1. The SMILES string of the molecule is O=C(NC[C@H]1CC[C@H](C(=O)O)CC1)c1cc(C(F)(F)F)cc2ccn(Cc3ccc4ccncc4c3)c12. The number of carbonyl (C=O) groups excluding carboxylic acids is 1. The molecule has 0 unspecified atom stereocenters. The number of amides is 1. The van der Waals surface area contributed by atoms with E-state index in [1.54, 1.807) is 29.2 Å². The summed E-state index contributed by atoms with van der Waals surface area (Å²) in [4.78, 5) is 28.6. The van der Waals surface area contributed by atoms with Crippen LogP contribution in [0.4, 0.5) is 13.2 Å². The maximum absolute atomic E-state index is 13.6. The van der Waals surface area contributed by atoms with E-state index in [0.717, 1.165) is 28.5 Å². The highest BCUT2D eigenvalue weighted by atomic mass is 19.4. The smallest absolute Gasteiger partial charge is 0.416 e. The summed E-state index contributed by atoms with van der Waals surface area (Å²) in [7, 11) is 0. The molecule has 9 heteroatoms. The maximum atomic E-state index is 13.6. The molecule has 0 radical (unpaired) electrons. The van der Waals surface area contributed by atoms with Gasteiger partial charge in [0, 0.05) is 42.5 Å². The van der Waals surface area contributed by atoms with Crippen molar-refractivity contribution in [2.45, 2.75) is 38.4 Å². The Balaban J connectivity index is 1.43. The molecule has 6 nitrogen and oxygen atoms in total. The molecule has 1 aliphatic rings. The molecule has 1 fully saturated rings. The minimum absolute atomic E-state index is 0.0310. The third-order valence-electron chi connectivity index (χ3n) is 7.24. The van der Waals surface area contributed by atoms with Crippen molar-refractivity contribution in [3.8, 4) is 0 Å². The van der Waals surface area contributed by atoms with Crippen molar-refractivity contribution >= 4 is 33.6 Å². The largest absolute Gasteiger partial charge is 0.481 e. The highest BCUT2D eigenvalue weighted by molar-refractivity contribution is 6.06. The van der Waals surface area contributed by atoms with Gasteiger partial charge in [-0.25, -0.2) is 0 Å². The lowest BCUT2D eigenvalue weighted by Crippen LogP contribution is -2.32. The van der Waals surface area contributed by atoms with Gasteiger partial charge in [-0.1, -0.05) is 12.1 Å². The number of aliphatic carboxylic acids is 1. The standard InChI is InChI=1S/C28H26F3N3O3/c29-28(30,31)23-12-21-8-10-34(16-18-3-4-19-7-9-32-15-22(19)11-18)25(21)24(13-23)26(35)33-14-17-1-5-20(6-2-17)27(36)37/h3-4,7-13,15,17,20H,1-2,5-6,14,16H2,(H,33,35)(H,36,37)/t17-,20-. The fraction of sp³-hybridized carbons (Fsp3) is 0.321. The number of nitrogens with one attached hydrogen (secondary N) is 1. The molecule has 0 atom stereocenters.